The predicted molar refractivity (Wildman–Crippen MR) is 82.0 cm³/mol. The Balaban J connectivity index is 2.93. The molecule has 120 valence electrons. The van der Waals surface area contributed by atoms with Gasteiger partial charge in [-0.2, -0.15) is 0 Å². The molecule has 1 aliphatic rings. The molecular formula is C17H22O5. The highest BCUT2D eigenvalue weighted by atomic mass is 16.6. The standard InChI is InChI=1S/C17H22O5/c1-6-7-8-16(21-12(3)18)17(4,5)22-15-10-13(19)11(2)9-14(15)20/h6,9-10,16H,1,7-8H2,2-5H3. The third kappa shape index (κ3) is 4.69. The summed E-state index contributed by atoms with van der Waals surface area (Å²) in [5.74, 6) is -1.09. The van der Waals surface area contributed by atoms with Gasteiger partial charge in [-0.1, -0.05) is 6.08 Å². The maximum absolute atomic E-state index is 11.9. The second-order valence-electron chi connectivity index (χ2n) is 5.73. The predicted octanol–water partition coefficient (Wildman–Crippen LogP) is 2.66. The third-order valence-corrected chi connectivity index (χ3v) is 3.33. The summed E-state index contributed by atoms with van der Waals surface area (Å²) in [6.07, 6.45) is 4.73. The van der Waals surface area contributed by atoms with E-state index in [2.05, 4.69) is 6.58 Å². The molecule has 0 spiro atoms. The van der Waals surface area contributed by atoms with Crippen molar-refractivity contribution in [2.24, 2.45) is 0 Å². The molecule has 0 aliphatic heterocycles. The van der Waals surface area contributed by atoms with Crippen molar-refractivity contribution in [1.29, 1.82) is 0 Å². The fourth-order valence-electron chi connectivity index (χ4n) is 2.09. The second kappa shape index (κ2) is 7.20. The van der Waals surface area contributed by atoms with E-state index in [0.717, 1.165) is 0 Å². The molecule has 0 saturated heterocycles. The van der Waals surface area contributed by atoms with Gasteiger partial charge in [0.15, 0.2) is 11.5 Å². The van der Waals surface area contributed by atoms with Gasteiger partial charge in [-0.05, 0) is 39.7 Å². The molecule has 5 nitrogen and oxygen atoms in total. The van der Waals surface area contributed by atoms with Gasteiger partial charge in [-0.25, -0.2) is 0 Å². The van der Waals surface area contributed by atoms with Gasteiger partial charge < -0.3 is 9.47 Å². The molecule has 1 aliphatic carbocycles. The van der Waals surface area contributed by atoms with Crippen LogP contribution in [0.5, 0.6) is 0 Å². The zero-order chi connectivity index (χ0) is 16.9. The zero-order valence-electron chi connectivity index (χ0n) is 13.5. The Bertz CT molecular complexity index is 551. The van der Waals surface area contributed by atoms with Crippen molar-refractivity contribution >= 4 is 17.5 Å². The number of carbonyl (C=O) groups is 3. The highest BCUT2D eigenvalue weighted by Gasteiger charge is 2.36. The van der Waals surface area contributed by atoms with E-state index in [1.807, 2.05) is 0 Å². The first-order valence-electron chi connectivity index (χ1n) is 7.13. The van der Waals surface area contributed by atoms with Crippen molar-refractivity contribution in [2.75, 3.05) is 0 Å². The van der Waals surface area contributed by atoms with Crippen molar-refractivity contribution < 1.29 is 23.9 Å². The van der Waals surface area contributed by atoms with Crippen molar-refractivity contribution in [3.8, 4) is 0 Å². The monoisotopic (exact) mass is 306 g/mol. The third-order valence-electron chi connectivity index (χ3n) is 3.33. The minimum atomic E-state index is -0.949. The fraction of sp³-hybridized carbons (Fsp3) is 0.471. The van der Waals surface area contributed by atoms with Crippen LogP contribution in [0.1, 0.15) is 40.5 Å². The first-order valence-corrected chi connectivity index (χ1v) is 7.13. The van der Waals surface area contributed by atoms with Crippen LogP contribution >= 0.6 is 0 Å². The Labute approximate surface area is 130 Å². The molecule has 1 rings (SSSR count). The highest BCUT2D eigenvalue weighted by Crippen LogP contribution is 2.27. The lowest BCUT2D eigenvalue weighted by Gasteiger charge is -2.34. The Kier molecular flexibility index (Phi) is 5.85. The number of allylic oxidation sites excluding steroid dienone is 4. The molecule has 0 saturated carbocycles. The molecule has 0 N–H and O–H groups in total. The van der Waals surface area contributed by atoms with Gasteiger partial charge in [0.05, 0.1) is 0 Å². The van der Waals surface area contributed by atoms with Crippen LogP contribution in [0, 0.1) is 0 Å². The van der Waals surface area contributed by atoms with Crippen LogP contribution in [0.3, 0.4) is 0 Å². The molecule has 0 bridgehead atoms. The number of ketones is 2. The molecule has 5 heteroatoms. The average Bonchev–Trinajstić information content (AvgIpc) is 2.40. The maximum atomic E-state index is 11.9. The summed E-state index contributed by atoms with van der Waals surface area (Å²) in [5.41, 5.74) is -0.575. The molecule has 0 aromatic carbocycles. The normalized spacial score (nSPS) is 16.5. The van der Waals surface area contributed by atoms with E-state index in [9.17, 15) is 14.4 Å². The van der Waals surface area contributed by atoms with Gasteiger partial charge in [-0.15, -0.1) is 6.58 Å². The van der Waals surface area contributed by atoms with E-state index in [1.165, 1.54) is 19.1 Å². The molecule has 0 fully saturated rings. The average molecular weight is 306 g/mol. The van der Waals surface area contributed by atoms with Crippen LogP contribution in [-0.4, -0.2) is 29.2 Å². The summed E-state index contributed by atoms with van der Waals surface area (Å²) in [6.45, 7) is 9.96. The Morgan fingerprint density at radius 3 is 2.50 bits per heavy atom. The van der Waals surface area contributed by atoms with Crippen LogP contribution < -0.4 is 0 Å². The number of rotatable bonds is 7. The van der Waals surface area contributed by atoms with Crippen molar-refractivity contribution in [3.63, 3.8) is 0 Å². The molecule has 0 heterocycles. The number of hydrogen-bond donors (Lipinski definition) is 0. The summed E-state index contributed by atoms with van der Waals surface area (Å²) in [5, 5.41) is 0. The van der Waals surface area contributed by atoms with E-state index >= 15 is 0 Å². The maximum Gasteiger partial charge on any atom is 0.303 e. The van der Waals surface area contributed by atoms with Crippen LogP contribution in [-0.2, 0) is 23.9 Å². The van der Waals surface area contributed by atoms with Gasteiger partial charge in [-0.3, -0.25) is 14.4 Å². The molecule has 0 aromatic rings. The van der Waals surface area contributed by atoms with E-state index < -0.39 is 17.7 Å². The number of hydrogen-bond acceptors (Lipinski definition) is 5. The zero-order valence-corrected chi connectivity index (χ0v) is 13.5. The summed E-state index contributed by atoms with van der Waals surface area (Å²) < 4.78 is 11.0. The minimum Gasteiger partial charge on any atom is -0.480 e. The fourth-order valence-corrected chi connectivity index (χ4v) is 2.09. The Morgan fingerprint density at radius 2 is 1.95 bits per heavy atom. The minimum absolute atomic E-state index is 0.0312. The lowest BCUT2D eigenvalue weighted by Crippen LogP contribution is -2.42. The first-order chi connectivity index (χ1) is 10.2. The second-order valence-corrected chi connectivity index (χ2v) is 5.73. The van der Waals surface area contributed by atoms with Crippen molar-refractivity contribution in [1.82, 2.24) is 0 Å². The Morgan fingerprint density at radius 1 is 1.32 bits per heavy atom. The van der Waals surface area contributed by atoms with Crippen molar-refractivity contribution in [3.05, 3.63) is 36.1 Å². The number of carbonyl (C=O) groups excluding carboxylic acids is 3. The smallest absolute Gasteiger partial charge is 0.303 e. The van der Waals surface area contributed by atoms with Crippen LogP contribution in [0.2, 0.25) is 0 Å². The van der Waals surface area contributed by atoms with Crippen LogP contribution in [0.4, 0.5) is 0 Å². The summed E-state index contributed by atoms with van der Waals surface area (Å²) >= 11 is 0. The lowest BCUT2D eigenvalue weighted by atomic mass is 9.96. The molecule has 0 radical (unpaired) electrons. The SMILES string of the molecule is C=CCCC(OC(C)=O)C(C)(C)OC1=CC(=O)C(C)=CC1=O. The van der Waals surface area contributed by atoms with Gasteiger partial charge in [0.1, 0.15) is 11.7 Å². The highest BCUT2D eigenvalue weighted by molar-refractivity contribution is 6.18. The van der Waals surface area contributed by atoms with Crippen molar-refractivity contribution in [2.45, 2.75) is 52.2 Å². The quantitative estimate of drug-likeness (QED) is 0.411. The molecule has 1 atom stereocenters. The van der Waals surface area contributed by atoms with Crippen LogP contribution in [0.25, 0.3) is 0 Å². The van der Waals surface area contributed by atoms with Gasteiger partial charge in [0.25, 0.3) is 0 Å². The van der Waals surface area contributed by atoms with Crippen LogP contribution in [0.15, 0.2) is 36.1 Å². The Hall–Kier alpha value is -2.17. The van der Waals surface area contributed by atoms with Gasteiger partial charge in [0.2, 0.25) is 5.78 Å². The molecule has 1 unspecified atom stereocenters. The van der Waals surface area contributed by atoms with Gasteiger partial charge in [0, 0.05) is 18.6 Å². The lowest BCUT2D eigenvalue weighted by molar-refractivity contribution is -0.162. The molecular weight excluding hydrogens is 284 g/mol. The summed E-state index contributed by atoms with van der Waals surface area (Å²) in [6, 6.07) is 0. The topological polar surface area (TPSA) is 69.7 Å². The summed E-state index contributed by atoms with van der Waals surface area (Å²) in [4.78, 5) is 34.9. The summed E-state index contributed by atoms with van der Waals surface area (Å²) in [7, 11) is 0. The van der Waals surface area contributed by atoms with E-state index in [1.54, 1.807) is 26.8 Å². The number of esters is 1. The van der Waals surface area contributed by atoms with E-state index in [4.69, 9.17) is 9.47 Å². The first kappa shape index (κ1) is 17.9. The largest absolute Gasteiger partial charge is 0.480 e. The molecule has 0 amide bonds. The van der Waals surface area contributed by atoms with E-state index in [-0.39, 0.29) is 17.3 Å². The molecule has 22 heavy (non-hydrogen) atoms. The van der Waals surface area contributed by atoms with E-state index in [0.29, 0.717) is 18.4 Å². The molecule has 0 aromatic heterocycles. The number of ether oxygens (including phenoxy) is 2. The van der Waals surface area contributed by atoms with Gasteiger partial charge >= 0.3 is 5.97 Å².